The lowest BCUT2D eigenvalue weighted by Crippen LogP contribution is -2.28. The van der Waals surface area contributed by atoms with E-state index in [2.05, 4.69) is 5.32 Å². The number of carbonyl (C=O) groups is 2. The van der Waals surface area contributed by atoms with Gasteiger partial charge in [0.15, 0.2) is 0 Å². The van der Waals surface area contributed by atoms with Crippen LogP contribution in [-0.4, -0.2) is 18.5 Å². The first kappa shape index (κ1) is 16.3. The van der Waals surface area contributed by atoms with Gasteiger partial charge in [-0.3, -0.25) is 4.79 Å². The summed E-state index contributed by atoms with van der Waals surface area (Å²) in [5.74, 6) is -1.63. The molecule has 7 heteroatoms. The number of ether oxygens (including phenoxy) is 1. The van der Waals surface area contributed by atoms with Crippen LogP contribution >= 0.6 is 0 Å². The fourth-order valence-corrected chi connectivity index (χ4v) is 2.20. The summed E-state index contributed by atoms with van der Waals surface area (Å²) in [6.07, 6.45) is 0. The molecular weight excluding hydrogens is 326 g/mol. The van der Waals surface area contributed by atoms with Gasteiger partial charge < -0.3 is 24.4 Å². The normalized spacial score (nSPS) is 10.4. The van der Waals surface area contributed by atoms with E-state index in [1.807, 2.05) is 0 Å². The molecule has 2 aromatic carbocycles. The van der Waals surface area contributed by atoms with Gasteiger partial charge in [-0.15, -0.1) is 0 Å². The molecule has 1 N–H and O–H groups in total. The van der Waals surface area contributed by atoms with Crippen LogP contribution in [0.15, 0.2) is 63.8 Å². The second-order valence-corrected chi connectivity index (χ2v) is 5.12. The first-order chi connectivity index (χ1) is 12.0. The zero-order valence-corrected chi connectivity index (χ0v) is 12.9. The molecule has 3 aromatic rings. The highest BCUT2D eigenvalue weighted by Gasteiger charge is 2.13. The van der Waals surface area contributed by atoms with Crippen LogP contribution in [0.1, 0.15) is 10.4 Å². The number of aliphatic carboxylic acids is 1. The van der Waals surface area contributed by atoms with Crippen molar-refractivity contribution in [1.82, 2.24) is 0 Å². The van der Waals surface area contributed by atoms with Crippen molar-refractivity contribution in [2.75, 3.05) is 11.9 Å². The summed E-state index contributed by atoms with van der Waals surface area (Å²) in [5.41, 5.74) is -0.0297. The van der Waals surface area contributed by atoms with Crippen molar-refractivity contribution >= 4 is 28.5 Å². The van der Waals surface area contributed by atoms with Crippen LogP contribution in [-0.2, 0) is 4.79 Å². The van der Waals surface area contributed by atoms with E-state index in [0.29, 0.717) is 22.4 Å². The minimum absolute atomic E-state index is 0.115. The lowest BCUT2D eigenvalue weighted by atomic mass is 10.1. The van der Waals surface area contributed by atoms with Gasteiger partial charge in [0.25, 0.3) is 5.91 Å². The van der Waals surface area contributed by atoms with Crippen molar-refractivity contribution in [2.24, 2.45) is 0 Å². The lowest BCUT2D eigenvalue weighted by molar-refractivity contribution is -0.307. The maximum Gasteiger partial charge on any atom is 0.349 e. The van der Waals surface area contributed by atoms with Crippen LogP contribution in [0.2, 0.25) is 0 Å². The second kappa shape index (κ2) is 6.88. The highest BCUT2D eigenvalue weighted by atomic mass is 16.5. The number of carbonyl (C=O) groups excluding carboxylic acids is 2. The summed E-state index contributed by atoms with van der Waals surface area (Å²) in [6.45, 7) is -0.566. The monoisotopic (exact) mass is 338 g/mol. The van der Waals surface area contributed by atoms with Gasteiger partial charge in [0.2, 0.25) is 0 Å². The maximum atomic E-state index is 12.3. The van der Waals surface area contributed by atoms with E-state index in [9.17, 15) is 19.5 Å². The quantitative estimate of drug-likeness (QED) is 0.700. The van der Waals surface area contributed by atoms with Gasteiger partial charge in [0, 0.05) is 11.1 Å². The molecule has 126 valence electrons. The first-order valence-corrected chi connectivity index (χ1v) is 7.30. The van der Waals surface area contributed by atoms with Crippen LogP contribution < -0.4 is 20.8 Å². The lowest BCUT2D eigenvalue weighted by Gasteiger charge is -2.08. The molecule has 0 atom stereocenters. The zero-order chi connectivity index (χ0) is 17.8. The van der Waals surface area contributed by atoms with Crippen molar-refractivity contribution in [2.45, 2.75) is 0 Å². The van der Waals surface area contributed by atoms with Crippen LogP contribution in [0, 0.1) is 0 Å². The Bertz CT molecular complexity index is 990. The summed E-state index contributed by atoms with van der Waals surface area (Å²) < 4.78 is 10.1. The maximum absolute atomic E-state index is 12.3. The Morgan fingerprint density at radius 3 is 2.52 bits per heavy atom. The van der Waals surface area contributed by atoms with Gasteiger partial charge in [0.05, 0.1) is 5.97 Å². The molecule has 0 unspecified atom stereocenters. The van der Waals surface area contributed by atoms with E-state index in [4.69, 9.17) is 9.15 Å². The third-order valence-electron chi connectivity index (χ3n) is 3.35. The number of carboxylic acids is 1. The molecule has 0 aliphatic carbocycles. The molecule has 0 bridgehead atoms. The highest BCUT2D eigenvalue weighted by molar-refractivity contribution is 6.05. The summed E-state index contributed by atoms with van der Waals surface area (Å²) in [5, 5.41) is 13.5. The van der Waals surface area contributed by atoms with Gasteiger partial charge in [0.1, 0.15) is 23.5 Å². The molecule has 3 rings (SSSR count). The Hall–Kier alpha value is -3.61. The predicted molar refractivity (Wildman–Crippen MR) is 87.4 cm³/mol. The molecule has 0 saturated heterocycles. The topological polar surface area (TPSA) is 109 Å². The average molecular weight is 338 g/mol. The number of benzene rings is 2. The van der Waals surface area contributed by atoms with E-state index >= 15 is 0 Å². The van der Waals surface area contributed by atoms with Gasteiger partial charge in [-0.1, -0.05) is 18.2 Å². The number of para-hydroxylation sites is 1. The van der Waals surface area contributed by atoms with Crippen molar-refractivity contribution < 1.29 is 23.8 Å². The third-order valence-corrected chi connectivity index (χ3v) is 3.35. The Labute approximate surface area is 141 Å². The largest absolute Gasteiger partial charge is 0.546 e. The van der Waals surface area contributed by atoms with E-state index in [1.165, 1.54) is 30.3 Å². The Balaban J connectivity index is 1.77. The second-order valence-electron chi connectivity index (χ2n) is 5.12. The summed E-state index contributed by atoms with van der Waals surface area (Å²) in [6, 6.07) is 14.4. The molecular formula is C18H12NO6-. The Kier molecular flexibility index (Phi) is 4.47. The van der Waals surface area contributed by atoms with Crippen molar-refractivity contribution in [1.29, 1.82) is 0 Å². The number of anilines is 1. The molecule has 25 heavy (non-hydrogen) atoms. The summed E-state index contributed by atoms with van der Waals surface area (Å²) in [4.78, 5) is 34.6. The average Bonchev–Trinajstić information content (AvgIpc) is 2.60. The van der Waals surface area contributed by atoms with Crippen LogP contribution in [0.5, 0.6) is 5.75 Å². The number of hydrogen-bond acceptors (Lipinski definition) is 6. The van der Waals surface area contributed by atoms with Crippen LogP contribution in [0.3, 0.4) is 0 Å². The van der Waals surface area contributed by atoms with Gasteiger partial charge in [-0.25, -0.2) is 4.79 Å². The number of amides is 1. The van der Waals surface area contributed by atoms with Crippen molar-refractivity contribution in [3.63, 3.8) is 0 Å². The van der Waals surface area contributed by atoms with Gasteiger partial charge in [-0.2, -0.15) is 0 Å². The minimum atomic E-state index is -1.33. The molecule has 0 aliphatic rings. The third kappa shape index (κ3) is 3.84. The smallest absolute Gasteiger partial charge is 0.349 e. The predicted octanol–water partition coefficient (Wildman–Crippen LogP) is 1.17. The SMILES string of the molecule is O=C([O-])COc1ccc(NC(=O)c2cc3ccccc3oc2=O)cc1. The Morgan fingerprint density at radius 2 is 1.80 bits per heavy atom. The van der Waals surface area contributed by atoms with Crippen molar-refractivity contribution in [3.05, 3.63) is 70.6 Å². The molecule has 0 saturated carbocycles. The van der Waals surface area contributed by atoms with E-state index in [1.54, 1.807) is 24.3 Å². The van der Waals surface area contributed by atoms with Crippen LogP contribution in [0.25, 0.3) is 11.0 Å². The number of nitrogens with one attached hydrogen (secondary N) is 1. The van der Waals surface area contributed by atoms with E-state index in [0.717, 1.165) is 0 Å². The minimum Gasteiger partial charge on any atom is -0.546 e. The van der Waals surface area contributed by atoms with Gasteiger partial charge >= 0.3 is 5.63 Å². The number of rotatable bonds is 5. The van der Waals surface area contributed by atoms with Crippen molar-refractivity contribution in [3.8, 4) is 5.75 Å². The zero-order valence-electron chi connectivity index (χ0n) is 12.9. The molecule has 0 radical (unpaired) electrons. The standard InChI is InChI=1S/C18H13NO6/c20-16(21)10-24-13-7-5-12(6-8-13)19-17(22)14-9-11-3-1-2-4-15(11)25-18(14)23/h1-9H,10H2,(H,19,22)(H,20,21)/p-1. The molecule has 0 spiro atoms. The van der Waals surface area contributed by atoms with E-state index < -0.39 is 24.1 Å². The van der Waals surface area contributed by atoms with Gasteiger partial charge in [-0.05, 0) is 36.4 Å². The first-order valence-electron chi connectivity index (χ1n) is 7.30. The Morgan fingerprint density at radius 1 is 1.08 bits per heavy atom. The summed E-state index contributed by atoms with van der Waals surface area (Å²) >= 11 is 0. The molecule has 7 nitrogen and oxygen atoms in total. The molecule has 1 heterocycles. The molecule has 0 fully saturated rings. The van der Waals surface area contributed by atoms with E-state index in [-0.39, 0.29) is 5.56 Å². The fraction of sp³-hybridized carbons (Fsp3) is 0.0556. The number of fused-ring (bicyclic) bond motifs is 1. The highest BCUT2D eigenvalue weighted by Crippen LogP contribution is 2.17. The van der Waals surface area contributed by atoms with Crippen LogP contribution in [0.4, 0.5) is 5.69 Å². The molecule has 0 aliphatic heterocycles. The number of carboxylic acid groups (broad SMARTS) is 1. The molecule has 1 aromatic heterocycles. The molecule has 1 amide bonds. The number of hydrogen-bond donors (Lipinski definition) is 1. The fourth-order valence-electron chi connectivity index (χ4n) is 2.20. The summed E-state index contributed by atoms with van der Waals surface area (Å²) in [7, 11) is 0.